The molecule has 0 aromatic carbocycles. The molecule has 0 atom stereocenters. The zero-order valence-corrected chi connectivity index (χ0v) is 14.2. The molecule has 2 rings (SSSR count). The van der Waals surface area contributed by atoms with Gasteiger partial charge in [0.25, 0.3) is 0 Å². The Morgan fingerprint density at radius 3 is 2.00 bits per heavy atom. The van der Waals surface area contributed by atoms with E-state index < -0.39 is 0 Å². The maximum Gasteiger partial charge on any atom is 0.132 e. The van der Waals surface area contributed by atoms with Crippen LogP contribution in [0.25, 0.3) is 0 Å². The Bertz CT molecular complexity index is 278. The number of hydrogen-bond donors (Lipinski definition) is 0. The normalized spacial score (nSPS) is 28.0. The van der Waals surface area contributed by atoms with E-state index >= 15 is 0 Å². The lowest BCUT2D eigenvalue weighted by atomic mass is 9.70. The smallest absolute Gasteiger partial charge is 0.132 e. The Kier molecular flexibility index (Phi) is 7.82. The van der Waals surface area contributed by atoms with Crippen LogP contribution in [0.4, 0.5) is 0 Å². The van der Waals surface area contributed by atoms with E-state index in [2.05, 4.69) is 6.92 Å². The Labute approximate surface area is 132 Å². The fourth-order valence-electron chi connectivity index (χ4n) is 4.60. The van der Waals surface area contributed by atoms with Crippen molar-refractivity contribution in [3.63, 3.8) is 0 Å². The van der Waals surface area contributed by atoms with Gasteiger partial charge in [-0.15, -0.1) is 0 Å². The first-order valence-corrected chi connectivity index (χ1v) is 9.81. The Morgan fingerprint density at radius 1 is 0.762 bits per heavy atom. The molecule has 2 saturated carbocycles. The first kappa shape index (κ1) is 17.0. The molecule has 0 aliphatic heterocycles. The summed E-state index contributed by atoms with van der Waals surface area (Å²) in [6.45, 7) is 2.29. The molecule has 0 aromatic rings. The molecule has 2 fully saturated rings. The molecule has 0 aromatic heterocycles. The average molecular weight is 293 g/mol. The first-order chi connectivity index (χ1) is 10.3. The third-order valence-corrected chi connectivity index (χ3v) is 6.11. The van der Waals surface area contributed by atoms with Gasteiger partial charge in [0, 0.05) is 12.8 Å². The summed E-state index contributed by atoms with van der Waals surface area (Å²) in [5, 5.41) is 0. The van der Waals surface area contributed by atoms with Crippen molar-refractivity contribution in [1.82, 2.24) is 0 Å². The van der Waals surface area contributed by atoms with Crippen LogP contribution in [0.15, 0.2) is 0 Å². The minimum absolute atomic E-state index is 0.517. The number of carbonyl (C=O) groups excluding carboxylic acids is 1. The predicted octanol–water partition coefficient (Wildman–Crippen LogP) is 6.30. The van der Waals surface area contributed by atoms with Crippen LogP contribution in [0.5, 0.6) is 0 Å². The van der Waals surface area contributed by atoms with Crippen LogP contribution in [0.2, 0.25) is 0 Å². The van der Waals surface area contributed by atoms with Crippen LogP contribution in [-0.4, -0.2) is 5.78 Å². The van der Waals surface area contributed by atoms with Crippen LogP contribution in [0, 0.1) is 17.8 Å². The quantitative estimate of drug-likeness (QED) is 0.479. The summed E-state index contributed by atoms with van der Waals surface area (Å²) in [6.07, 6.45) is 20.1. The molecule has 0 amide bonds. The number of carbonyl (C=O) groups is 1. The largest absolute Gasteiger partial charge is 0.300 e. The van der Waals surface area contributed by atoms with Crippen molar-refractivity contribution in [3.8, 4) is 0 Å². The summed E-state index contributed by atoms with van der Waals surface area (Å²) >= 11 is 0. The minimum atomic E-state index is 0.517. The van der Waals surface area contributed by atoms with E-state index in [-0.39, 0.29) is 0 Å². The monoisotopic (exact) mass is 292 g/mol. The summed E-state index contributed by atoms with van der Waals surface area (Å²) in [4.78, 5) is 11.4. The lowest BCUT2D eigenvalue weighted by Gasteiger charge is -2.35. The predicted molar refractivity (Wildman–Crippen MR) is 90.4 cm³/mol. The SMILES string of the molecule is CCCCCCCC[C@H]1CC[C@H](C2CCC(=O)CC2)CC1. The Hall–Kier alpha value is -0.330. The van der Waals surface area contributed by atoms with Gasteiger partial charge in [-0.1, -0.05) is 64.7 Å². The van der Waals surface area contributed by atoms with Crippen molar-refractivity contribution in [2.45, 2.75) is 103 Å². The van der Waals surface area contributed by atoms with Crippen LogP contribution < -0.4 is 0 Å². The highest BCUT2D eigenvalue weighted by molar-refractivity contribution is 5.79. The second-order valence-electron chi connectivity index (χ2n) is 7.71. The molecular formula is C20H36O. The van der Waals surface area contributed by atoms with E-state index in [1.165, 1.54) is 83.5 Å². The van der Waals surface area contributed by atoms with Gasteiger partial charge in [-0.2, -0.15) is 0 Å². The van der Waals surface area contributed by atoms with Crippen molar-refractivity contribution in [2.24, 2.45) is 17.8 Å². The first-order valence-electron chi connectivity index (χ1n) is 9.81. The Morgan fingerprint density at radius 2 is 1.33 bits per heavy atom. The molecule has 0 saturated heterocycles. The van der Waals surface area contributed by atoms with Gasteiger partial charge in [-0.05, 0) is 43.4 Å². The zero-order chi connectivity index (χ0) is 14.9. The topological polar surface area (TPSA) is 17.1 Å². The maximum atomic E-state index is 11.4. The number of Topliss-reactive ketones (excluding diaryl/α,β-unsaturated/α-hetero) is 1. The molecular weight excluding hydrogens is 256 g/mol. The lowest BCUT2D eigenvalue weighted by Crippen LogP contribution is -2.25. The summed E-state index contributed by atoms with van der Waals surface area (Å²) in [6, 6.07) is 0. The molecule has 0 heterocycles. The average Bonchev–Trinajstić information content (AvgIpc) is 2.52. The maximum absolute atomic E-state index is 11.4. The van der Waals surface area contributed by atoms with Crippen molar-refractivity contribution in [2.75, 3.05) is 0 Å². The highest BCUT2D eigenvalue weighted by Crippen LogP contribution is 2.40. The molecule has 0 unspecified atom stereocenters. The van der Waals surface area contributed by atoms with E-state index in [0.29, 0.717) is 5.78 Å². The highest BCUT2D eigenvalue weighted by Gasteiger charge is 2.29. The molecule has 1 heteroatoms. The number of ketones is 1. The third kappa shape index (κ3) is 6.12. The van der Waals surface area contributed by atoms with Gasteiger partial charge in [0.1, 0.15) is 5.78 Å². The van der Waals surface area contributed by atoms with Crippen molar-refractivity contribution in [1.29, 1.82) is 0 Å². The van der Waals surface area contributed by atoms with Gasteiger partial charge in [-0.3, -0.25) is 4.79 Å². The lowest BCUT2D eigenvalue weighted by molar-refractivity contribution is -0.121. The van der Waals surface area contributed by atoms with Gasteiger partial charge < -0.3 is 0 Å². The molecule has 122 valence electrons. The molecule has 0 bridgehead atoms. The van der Waals surface area contributed by atoms with Crippen LogP contribution >= 0.6 is 0 Å². The zero-order valence-electron chi connectivity index (χ0n) is 14.2. The molecule has 21 heavy (non-hydrogen) atoms. The second-order valence-corrected chi connectivity index (χ2v) is 7.71. The van der Waals surface area contributed by atoms with Crippen molar-refractivity contribution in [3.05, 3.63) is 0 Å². The molecule has 1 nitrogen and oxygen atoms in total. The minimum Gasteiger partial charge on any atom is -0.300 e. The van der Waals surface area contributed by atoms with Gasteiger partial charge >= 0.3 is 0 Å². The fraction of sp³-hybridized carbons (Fsp3) is 0.950. The second kappa shape index (κ2) is 9.64. The fourth-order valence-corrected chi connectivity index (χ4v) is 4.60. The van der Waals surface area contributed by atoms with E-state index in [9.17, 15) is 4.79 Å². The van der Waals surface area contributed by atoms with Gasteiger partial charge in [-0.25, -0.2) is 0 Å². The van der Waals surface area contributed by atoms with Crippen LogP contribution in [0.1, 0.15) is 103 Å². The van der Waals surface area contributed by atoms with Gasteiger partial charge in [0.2, 0.25) is 0 Å². The standard InChI is InChI=1S/C20H36O/c1-2-3-4-5-6-7-8-17-9-11-18(12-10-17)19-13-15-20(21)16-14-19/h17-19H,2-16H2,1H3/t17-,18-. The van der Waals surface area contributed by atoms with E-state index in [0.717, 1.165) is 30.6 Å². The molecule has 2 aliphatic carbocycles. The summed E-state index contributed by atoms with van der Waals surface area (Å²) < 4.78 is 0. The van der Waals surface area contributed by atoms with E-state index in [4.69, 9.17) is 0 Å². The van der Waals surface area contributed by atoms with E-state index in [1.54, 1.807) is 0 Å². The van der Waals surface area contributed by atoms with Gasteiger partial charge in [0.05, 0.1) is 0 Å². The number of rotatable bonds is 8. The molecule has 0 spiro atoms. The van der Waals surface area contributed by atoms with E-state index in [1.807, 2.05) is 0 Å². The highest BCUT2D eigenvalue weighted by atomic mass is 16.1. The molecule has 0 N–H and O–H groups in total. The van der Waals surface area contributed by atoms with Crippen molar-refractivity contribution < 1.29 is 4.79 Å². The summed E-state index contributed by atoms with van der Waals surface area (Å²) in [5.41, 5.74) is 0. The number of unbranched alkanes of at least 4 members (excludes halogenated alkanes) is 5. The third-order valence-electron chi connectivity index (χ3n) is 6.11. The summed E-state index contributed by atoms with van der Waals surface area (Å²) in [7, 11) is 0. The van der Waals surface area contributed by atoms with Crippen LogP contribution in [0.3, 0.4) is 0 Å². The molecule has 2 aliphatic rings. The Balaban J connectivity index is 1.53. The van der Waals surface area contributed by atoms with Gasteiger partial charge in [0.15, 0.2) is 0 Å². The summed E-state index contributed by atoms with van der Waals surface area (Å²) in [5.74, 6) is 3.39. The number of hydrogen-bond acceptors (Lipinski definition) is 1. The molecule has 0 radical (unpaired) electrons. The van der Waals surface area contributed by atoms with Crippen molar-refractivity contribution >= 4 is 5.78 Å². The van der Waals surface area contributed by atoms with Crippen LogP contribution in [-0.2, 0) is 4.79 Å².